The van der Waals surface area contributed by atoms with E-state index < -0.39 is 0 Å². The Bertz CT molecular complexity index is 2360. The standard InChI is InChI=1S/C38H19B5O/c39-34-33(35(40)37(42)38(43)36(34)41)32-24-13-6-4-11-22(24)30(23-12-5-7-14-25(23)32)27-15-8-16-28-31(27)26-18-17-21(19-29(26)44-28)20-9-2-1-3-10-20/h1-19H. The molecule has 44 heavy (non-hydrogen) atoms. The van der Waals surface area contributed by atoms with Gasteiger partial charge < -0.3 is 4.42 Å². The highest BCUT2D eigenvalue weighted by Gasteiger charge is 2.22. The van der Waals surface area contributed by atoms with Crippen LogP contribution in [0, 0.1) is 0 Å². The molecule has 0 aliphatic rings. The number of benzene rings is 7. The average Bonchev–Trinajstić information content (AvgIpc) is 3.45. The number of furan rings is 1. The highest BCUT2D eigenvalue weighted by atomic mass is 16.3. The van der Waals surface area contributed by atoms with E-state index in [1.54, 1.807) is 0 Å². The molecule has 8 aromatic rings. The Kier molecular flexibility index (Phi) is 6.17. The Morgan fingerprint density at radius 1 is 0.364 bits per heavy atom. The molecule has 0 unspecified atom stereocenters. The van der Waals surface area contributed by atoms with Crippen molar-refractivity contribution < 1.29 is 4.42 Å². The lowest BCUT2D eigenvalue weighted by Gasteiger charge is -2.25. The Labute approximate surface area is 262 Å². The van der Waals surface area contributed by atoms with Crippen molar-refractivity contribution in [1.82, 2.24) is 0 Å². The summed E-state index contributed by atoms with van der Waals surface area (Å²) < 4.78 is 6.49. The van der Waals surface area contributed by atoms with E-state index in [0.29, 0.717) is 16.5 Å². The monoisotopic (exact) mass is 546 g/mol. The maximum Gasteiger partial charge on any atom is 0.136 e. The Morgan fingerprint density at radius 3 is 1.52 bits per heavy atom. The Morgan fingerprint density at radius 2 is 0.909 bits per heavy atom. The number of rotatable bonds is 3. The molecule has 8 rings (SSSR count). The molecule has 0 saturated carbocycles. The van der Waals surface area contributed by atoms with Crippen LogP contribution >= 0.6 is 0 Å². The lowest BCUT2D eigenvalue weighted by atomic mass is 9.59. The van der Waals surface area contributed by atoms with Gasteiger partial charge in [0.2, 0.25) is 0 Å². The maximum absolute atomic E-state index is 6.64. The van der Waals surface area contributed by atoms with Crippen molar-refractivity contribution in [3.8, 4) is 33.4 Å². The van der Waals surface area contributed by atoms with Gasteiger partial charge in [0, 0.05) is 10.8 Å². The van der Waals surface area contributed by atoms with Gasteiger partial charge >= 0.3 is 0 Å². The number of hydrogen-bond acceptors (Lipinski definition) is 1. The van der Waals surface area contributed by atoms with Gasteiger partial charge in [-0.25, -0.2) is 0 Å². The molecule has 6 heteroatoms. The second-order valence-corrected chi connectivity index (χ2v) is 11.1. The first-order valence-corrected chi connectivity index (χ1v) is 14.4. The van der Waals surface area contributed by atoms with E-state index in [1.807, 2.05) is 54.6 Å². The van der Waals surface area contributed by atoms with Crippen LogP contribution in [0.15, 0.2) is 120 Å². The molecule has 0 spiro atoms. The van der Waals surface area contributed by atoms with E-state index in [2.05, 4.69) is 60.7 Å². The van der Waals surface area contributed by atoms with Crippen LogP contribution < -0.4 is 27.3 Å². The van der Waals surface area contributed by atoms with Crippen LogP contribution in [0.1, 0.15) is 0 Å². The molecule has 0 atom stereocenters. The van der Waals surface area contributed by atoms with Gasteiger partial charge in [0.15, 0.2) is 0 Å². The number of hydrogen-bond donors (Lipinski definition) is 0. The van der Waals surface area contributed by atoms with Crippen molar-refractivity contribution in [2.45, 2.75) is 0 Å². The van der Waals surface area contributed by atoms with Crippen LogP contribution in [0.4, 0.5) is 0 Å². The molecule has 0 aliphatic carbocycles. The highest BCUT2D eigenvalue weighted by molar-refractivity contribution is 6.69. The topological polar surface area (TPSA) is 13.1 Å². The summed E-state index contributed by atoms with van der Waals surface area (Å²) in [6.07, 6.45) is 0. The molecule has 0 bridgehead atoms. The summed E-state index contributed by atoms with van der Waals surface area (Å²) in [5, 5.41) is 6.14. The minimum Gasteiger partial charge on any atom is -0.456 e. The van der Waals surface area contributed by atoms with Gasteiger partial charge in [0.25, 0.3) is 0 Å². The molecular weight excluding hydrogens is 526 g/mol. The van der Waals surface area contributed by atoms with Crippen LogP contribution in [0.2, 0.25) is 0 Å². The van der Waals surface area contributed by atoms with E-state index in [4.69, 9.17) is 43.6 Å². The van der Waals surface area contributed by atoms with Crippen molar-refractivity contribution in [3.63, 3.8) is 0 Å². The predicted molar refractivity (Wildman–Crippen MR) is 192 cm³/mol. The molecule has 7 aromatic carbocycles. The fourth-order valence-corrected chi connectivity index (χ4v) is 6.65. The molecule has 0 amide bonds. The Balaban J connectivity index is 1.49. The van der Waals surface area contributed by atoms with E-state index in [1.165, 1.54) is 0 Å². The second-order valence-electron chi connectivity index (χ2n) is 11.1. The fourth-order valence-electron chi connectivity index (χ4n) is 6.65. The molecule has 1 nitrogen and oxygen atoms in total. The highest BCUT2D eigenvalue weighted by Crippen LogP contribution is 2.46. The summed E-state index contributed by atoms with van der Waals surface area (Å²) in [4.78, 5) is 0. The SMILES string of the molecule is [B]c1c([B])c([B])c(-c2c3ccccc3c(-c3cccc4oc5cc(-c6ccccc6)ccc5c34)c3ccccc23)c([B])c1[B]. The smallest absolute Gasteiger partial charge is 0.136 e. The van der Waals surface area contributed by atoms with Crippen molar-refractivity contribution in [2.75, 3.05) is 0 Å². The summed E-state index contributed by atoms with van der Waals surface area (Å²) in [5.74, 6) is 0. The summed E-state index contributed by atoms with van der Waals surface area (Å²) in [7, 11) is 32.2. The molecule has 0 N–H and O–H groups in total. The van der Waals surface area contributed by atoms with Crippen molar-refractivity contribution in [3.05, 3.63) is 115 Å². The van der Waals surface area contributed by atoms with Crippen LogP contribution in [-0.2, 0) is 0 Å². The van der Waals surface area contributed by atoms with Gasteiger partial charge in [0.1, 0.15) is 50.4 Å². The van der Waals surface area contributed by atoms with Crippen molar-refractivity contribution in [1.29, 1.82) is 0 Å². The zero-order chi connectivity index (χ0) is 30.1. The van der Waals surface area contributed by atoms with Crippen molar-refractivity contribution in [2.24, 2.45) is 0 Å². The largest absolute Gasteiger partial charge is 0.456 e. The normalized spacial score (nSPS) is 11.6. The molecule has 0 aliphatic heterocycles. The van der Waals surface area contributed by atoms with Crippen molar-refractivity contribution >= 4 is 110 Å². The second kappa shape index (κ2) is 10.1. The minimum absolute atomic E-state index is 0.197. The van der Waals surface area contributed by atoms with Gasteiger partial charge in [-0.3, -0.25) is 0 Å². The van der Waals surface area contributed by atoms with Gasteiger partial charge in [-0.2, -0.15) is 0 Å². The van der Waals surface area contributed by atoms with Crippen LogP contribution in [0.25, 0.3) is 76.9 Å². The van der Waals surface area contributed by atoms with E-state index >= 15 is 0 Å². The van der Waals surface area contributed by atoms with Gasteiger partial charge in [-0.1, -0.05) is 108 Å². The third-order valence-corrected chi connectivity index (χ3v) is 8.75. The van der Waals surface area contributed by atoms with Crippen LogP contribution in [0.3, 0.4) is 0 Å². The predicted octanol–water partition coefficient (Wildman–Crippen LogP) is 4.86. The molecule has 192 valence electrons. The van der Waals surface area contributed by atoms with Gasteiger partial charge in [-0.05, 0) is 73.1 Å². The number of fused-ring (bicyclic) bond motifs is 5. The first-order valence-electron chi connectivity index (χ1n) is 14.4. The summed E-state index contributed by atoms with van der Waals surface area (Å²) in [5.41, 5.74) is 8.83. The fraction of sp³-hybridized carbons (Fsp3) is 0. The molecule has 0 fully saturated rings. The van der Waals surface area contributed by atoms with E-state index in [0.717, 1.165) is 71.3 Å². The third kappa shape index (κ3) is 3.87. The maximum atomic E-state index is 6.64. The third-order valence-electron chi connectivity index (χ3n) is 8.75. The summed E-state index contributed by atoms with van der Waals surface area (Å²) >= 11 is 0. The van der Waals surface area contributed by atoms with E-state index in [9.17, 15) is 0 Å². The van der Waals surface area contributed by atoms with Gasteiger partial charge in [0.05, 0.1) is 0 Å². The molecule has 10 radical (unpaired) electrons. The van der Waals surface area contributed by atoms with Crippen LogP contribution in [0.5, 0.6) is 0 Å². The molecule has 0 saturated heterocycles. The molecule has 1 heterocycles. The summed E-state index contributed by atoms with van der Waals surface area (Å²) in [6.45, 7) is 0. The zero-order valence-corrected chi connectivity index (χ0v) is 23.8. The Hall–Kier alpha value is -4.82. The van der Waals surface area contributed by atoms with E-state index in [-0.39, 0.29) is 16.4 Å². The van der Waals surface area contributed by atoms with Crippen LogP contribution in [-0.4, -0.2) is 39.2 Å². The zero-order valence-electron chi connectivity index (χ0n) is 23.8. The lowest BCUT2D eigenvalue weighted by Crippen LogP contribution is -2.55. The first-order chi connectivity index (χ1) is 21.4. The average molecular weight is 546 g/mol. The van der Waals surface area contributed by atoms with Gasteiger partial charge in [-0.15, -0.1) is 16.4 Å². The first kappa shape index (κ1) is 26.8. The molecule has 1 aromatic heterocycles. The minimum atomic E-state index is 0.197. The quantitative estimate of drug-likeness (QED) is 0.228. The summed E-state index contributed by atoms with van der Waals surface area (Å²) in [6, 6.07) is 39.6. The molecular formula is C38H19B5O. The lowest BCUT2D eigenvalue weighted by molar-refractivity contribution is 0.669.